The number of nitrogens with zero attached hydrogens (tertiary/aromatic N) is 1. The van der Waals surface area contributed by atoms with Crippen molar-refractivity contribution in [1.29, 1.82) is 0 Å². The van der Waals surface area contributed by atoms with Crippen molar-refractivity contribution in [3.8, 4) is 0 Å². The summed E-state index contributed by atoms with van der Waals surface area (Å²) in [4.78, 5) is 23.4. The number of hydrogen-bond donors (Lipinski definition) is 3. The molecule has 0 rings (SSSR count). The Morgan fingerprint density at radius 3 is 1.00 bits per heavy atom. The normalized spacial score (nSPS) is 13.7. The summed E-state index contributed by atoms with van der Waals surface area (Å²) in [6.07, 6.45) is 76.0. The number of nitrogens with one attached hydrogen (secondary N) is 1. The summed E-state index contributed by atoms with van der Waals surface area (Å²) in [6.45, 7) is 4.96. The molecule has 0 bridgehead atoms. The maximum absolute atomic E-state index is 13.1. The molecule has 0 aromatic rings. The molecule has 9 heteroatoms. The summed E-state index contributed by atoms with van der Waals surface area (Å²) in [5.74, 6) is -0.136. The van der Waals surface area contributed by atoms with E-state index in [1.807, 2.05) is 21.1 Å². The van der Waals surface area contributed by atoms with Gasteiger partial charge in [0, 0.05) is 6.42 Å². The van der Waals surface area contributed by atoms with Gasteiger partial charge in [-0.2, -0.15) is 0 Å². The van der Waals surface area contributed by atoms with E-state index in [1.165, 1.54) is 302 Å². The molecule has 0 aromatic carbocycles. The van der Waals surface area contributed by atoms with Gasteiger partial charge in [0.05, 0.1) is 39.9 Å². The summed E-state index contributed by atoms with van der Waals surface area (Å²) in [7, 11) is 1.64. The van der Waals surface area contributed by atoms with Crippen LogP contribution in [0.3, 0.4) is 0 Å². The topological polar surface area (TPSA) is 105 Å². The van der Waals surface area contributed by atoms with Gasteiger partial charge in [0.2, 0.25) is 5.91 Å². The van der Waals surface area contributed by atoms with Gasteiger partial charge in [-0.1, -0.05) is 334 Å². The lowest BCUT2D eigenvalue weighted by atomic mass is 10.0. The quantitative estimate of drug-likeness (QED) is 0.0243. The maximum Gasteiger partial charge on any atom is 0.472 e. The van der Waals surface area contributed by atoms with Crippen LogP contribution in [-0.4, -0.2) is 73.4 Å². The van der Waals surface area contributed by atoms with Crippen LogP contribution >= 0.6 is 7.82 Å². The summed E-state index contributed by atoms with van der Waals surface area (Å²) in [6, 6.07) is -0.759. The van der Waals surface area contributed by atoms with Crippen molar-refractivity contribution in [2.24, 2.45) is 0 Å². The fourth-order valence-electron chi connectivity index (χ4n) is 10.9. The van der Waals surface area contributed by atoms with Crippen LogP contribution in [0.25, 0.3) is 0 Å². The molecule has 0 saturated heterocycles. The number of carbonyl (C=O) groups is 1. The Balaban J connectivity index is 4.01. The summed E-state index contributed by atoms with van der Waals surface area (Å²) < 4.78 is 23.9. The van der Waals surface area contributed by atoms with Crippen LogP contribution in [0.1, 0.15) is 367 Å². The van der Waals surface area contributed by atoms with E-state index in [2.05, 4.69) is 31.3 Å². The minimum absolute atomic E-state index is 0.0779. The summed E-state index contributed by atoms with van der Waals surface area (Å²) in [5.41, 5.74) is 0. The fraction of sp³-hybridized carbons (Fsp3) is 0.956. The third kappa shape index (κ3) is 62.7. The van der Waals surface area contributed by atoms with E-state index in [-0.39, 0.29) is 19.1 Å². The lowest BCUT2D eigenvalue weighted by molar-refractivity contribution is -0.870. The van der Waals surface area contributed by atoms with E-state index in [0.29, 0.717) is 23.9 Å². The molecule has 8 nitrogen and oxygen atoms in total. The molecule has 3 N–H and O–H groups in total. The zero-order valence-electron chi connectivity index (χ0n) is 52.7. The number of amides is 1. The lowest BCUT2D eigenvalue weighted by Gasteiger charge is -2.26. The Morgan fingerprint density at radius 2 is 0.701 bits per heavy atom. The van der Waals surface area contributed by atoms with E-state index in [1.54, 1.807) is 0 Å². The van der Waals surface area contributed by atoms with Crippen molar-refractivity contribution >= 4 is 13.7 Å². The van der Waals surface area contributed by atoms with Crippen molar-refractivity contribution in [2.45, 2.75) is 379 Å². The van der Waals surface area contributed by atoms with Crippen molar-refractivity contribution < 1.29 is 32.9 Å². The highest BCUT2D eigenvalue weighted by molar-refractivity contribution is 7.47. The van der Waals surface area contributed by atoms with E-state index < -0.39 is 20.0 Å². The van der Waals surface area contributed by atoms with E-state index in [4.69, 9.17) is 9.05 Å². The number of likely N-dealkylation sites (N-methyl/N-ethyl adjacent to an activating group) is 1. The number of quaternary nitrogens is 1. The Hall–Kier alpha value is -0.760. The van der Waals surface area contributed by atoms with Gasteiger partial charge >= 0.3 is 7.82 Å². The molecule has 77 heavy (non-hydrogen) atoms. The van der Waals surface area contributed by atoms with Crippen LogP contribution < -0.4 is 5.32 Å². The van der Waals surface area contributed by atoms with E-state index in [0.717, 1.165) is 38.5 Å². The predicted octanol–water partition coefficient (Wildman–Crippen LogP) is 21.7. The van der Waals surface area contributed by atoms with Crippen molar-refractivity contribution in [2.75, 3.05) is 40.9 Å². The monoisotopic (exact) mass is 1110 g/mol. The van der Waals surface area contributed by atoms with Gasteiger partial charge in [-0.25, -0.2) is 4.57 Å². The fourth-order valence-corrected chi connectivity index (χ4v) is 11.6. The first-order valence-corrected chi connectivity index (χ1v) is 36.0. The molecule has 0 aliphatic carbocycles. The zero-order chi connectivity index (χ0) is 56.3. The largest absolute Gasteiger partial charge is 0.472 e. The van der Waals surface area contributed by atoms with E-state index >= 15 is 0 Å². The molecule has 1 amide bonds. The van der Waals surface area contributed by atoms with Gasteiger partial charge in [-0.3, -0.25) is 13.8 Å². The van der Waals surface area contributed by atoms with Crippen LogP contribution in [0, 0.1) is 0 Å². The smallest absolute Gasteiger partial charge is 0.391 e. The van der Waals surface area contributed by atoms with Crippen LogP contribution in [0.15, 0.2) is 12.2 Å². The molecular weight excluding hydrogens is 972 g/mol. The van der Waals surface area contributed by atoms with Gasteiger partial charge < -0.3 is 19.8 Å². The minimum atomic E-state index is -4.33. The highest BCUT2D eigenvalue weighted by Gasteiger charge is 2.28. The molecule has 3 unspecified atom stereocenters. The molecule has 0 radical (unpaired) electrons. The minimum Gasteiger partial charge on any atom is -0.391 e. The lowest BCUT2D eigenvalue weighted by Crippen LogP contribution is -2.46. The molecule has 0 spiro atoms. The van der Waals surface area contributed by atoms with Crippen LogP contribution in [0.2, 0.25) is 0 Å². The molecule has 0 aliphatic heterocycles. The average molecular weight is 1110 g/mol. The van der Waals surface area contributed by atoms with Gasteiger partial charge in [-0.05, 0) is 38.5 Å². The summed E-state index contributed by atoms with van der Waals surface area (Å²) in [5, 5.41) is 14.1. The molecule has 3 atom stereocenters. The second kappa shape index (κ2) is 59.8. The van der Waals surface area contributed by atoms with Crippen LogP contribution in [0.4, 0.5) is 0 Å². The highest BCUT2D eigenvalue weighted by atomic mass is 31.2. The van der Waals surface area contributed by atoms with Gasteiger partial charge in [0.1, 0.15) is 13.2 Å². The number of allylic oxidation sites excluding steroid dienone is 2. The summed E-state index contributed by atoms with van der Waals surface area (Å²) >= 11 is 0. The molecule has 0 aliphatic rings. The number of phosphoric acid groups is 1. The maximum atomic E-state index is 13.1. The first kappa shape index (κ1) is 76.2. The Bertz CT molecular complexity index is 1260. The zero-order valence-corrected chi connectivity index (χ0v) is 53.6. The first-order valence-electron chi connectivity index (χ1n) is 34.6. The number of aliphatic hydroxyl groups excluding tert-OH is 1. The van der Waals surface area contributed by atoms with Gasteiger partial charge in [0.15, 0.2) is 0 Å². The molecular formula is C68H138N2O6P+. The van der Waals surface area contributed by atoms with E-state index in [9.17, 15) is 19.4 Å². The number of phosphoric ester groups is 1. The molecule has 0 saturated carbocycles. The second-order valence-electron chi connectivity index (χ2n) is 25.3. The van der Waals surface area contributed by atoms with Gasteiger partial charge in [0.25, 0.3) is 0 Å². The Morgan fingerprint density at radius 1 is 0.429 bits per heavy atom. The molecule has 460 valence electrons. The number of rotatable bonds is 65. The molecule has 0 fully saturated rings. The third-order valence-corrected chi connectivity index (χ3v) is 17.2. The van der Waals surface area contributed by atoms with Crippen molar-refractivity contribution in [1.82, 2.24) is 5.32 Å². The Kier molecular flexibility index (Phi) is 59.3. The number of aliphatic hydroxyl groups is 1. The highest BCUT2D eigenvalue weighted by Crippen LogP contribution is 2.43. The SMILES string of the molecule is CCCCCCCCCCCCCC/C=C\CCCCCCCCCCCCCCCCC(=O)NC(COP(=O)(O)OCC[N+](C)(C)C)C(O)CCCCCCCCCCCCCCCCCCCCCCCCCCC. The van der Waals surface area contributed by atoms with Crippen LogP contribution in [-0.2, 0) is 18.4 Å². The average Bonchev–Trinajstić information content (AvgIpc) is 3.39. The van der Waals surface area contributed by atoms with Crippen molar-refractivity contribution in [3.05, 3.63) is 12.2 Å². The van der Waals surface area contributed by atoms with Crippen LogP contribution in [0.5, 0.6) is 0 Å². The number of unbranched alkanes of at least 4 members (excludes halogenated alkanes) is 50. The molecule has 0 aromatic heterocycles. The van der Waals surface area contributed by atoms with Crippen molar-refractivity contribution in [3.63, 3.8) is 0 Å². The third-order valence-electron chi connectivity index (χ3n) is 16.3. The molecule has 0 heterocycles. The Labute approximate surface area is 482 Å². The standard InChI is InChI=1S/C68H137N2O6P/c1-6-8-10-12-14-16-18-20-22-24-26-28-30-32-33-34-35-36-38-40-42-44-46-48-50-52-54-56-58-60-62-68(72)69-66(65-76-77(73,74)75-64-63-70(3,4)5)67(71)61-59-57-55-53-51-49-47-45-43-41-39-37-31-29-27-25-23-21-19-17-15-13-11-9-7-2/h32-33,66-67,71H,6-31,34-65H2,1-5H3,(H-,69,72,73,74)/p+1/b33-32-. The first-order chi connectivity index (χ1) is 37.5. The second-order valence-corrected chi connectivity index (χ2v) is 26.7. The predicted molar refractivity (Wildman–Crippen MR) is 337 cm³/mol. The number of hydrogen-bond acceptors (Lipinski definition) is 5. The van der Waals surface area contributed by atoms with Gasteiger partial charge in [-0.15, -0.1) is 0 Å². The number of carbonyl (C=O) groups excluding carboxylic acids is 1.